The van der Waals surface area contributed by atoms with Crippen molar-refractivity contribution in [2.75, 3.05) is 17.3 Å². The number of carbonyl (C=O) groups is 2. The number of amides is 2. The Balaban J connectivity index is 2.21. The second kappa shape index (κ2) is 6.75. The second-order valence-electron chi connectivity index (χ2n) is 5.05. The first-order valence-corrected chi connectivity index (χ1v) is 7.59. The summed E-state index contributed by atoms with van der Waals surface area (Å²) in [5, 5.41) is 2.68. The molecule has 0 saturated heterocycles. The highest BCUT2D eigenvalue weighted by Gasteiger charge is 2.15. The van der Waals surface area contributed by atoms with E-state index in [1.54, 1.807) is 36.2 Å². The first-order chi connectivity index (χ1) is 10.4. The maximum atomic E-state index is 12.5. The third-order valence-electron chi connectivity index (χ3n) is 3.28. The van der Waals surface area contributed by atoms with E-state index in [-0.39, 0.29) is 11.8 Å². The number of rotatable bonds is 3. The van der Waals surface area contributed by atoms with Crippen LogP contribution in [0, 0.1) is 6.92 Å². The predicted molar refractivity (Wildman–Crippen MR) is 92.4 cm³/mol. The molecule has 4 nitrogen and oxygen atoms in total. The van der Waals surface area contributed by atoms with Crippen LogP contribution in [0.25, 0.3) is 0 Å². The minimum Gasteiger partial charge on any atom is -0.326 e. The maximum absolute atomic E-state index is 12.5. The molecule has 2 amide bonds. The van der Waals surface area contributed by atoms with Crippen molar-refractivity contribution in [2.24, 2.45) is 0 Å². The van der Waals surface area contributed by atoms with Crippen molar-refractivity contribution in [3.8, 4) is 0 Å². The van der Waals surface area contributed by atoms with Crippen LogP contribution in [0.3, 0.4) is 0 Å². The van der Waals surface area contributed by atoms with Crippen molar-refractivity contribution >= 4 is 39.1 Å². The molecule has 0 saturated carbocycles. The minimum absolute atomic E-state index is 0.0974. The van der Waals surface area contributed by atoms with Crippen LogP contribution in [0.15, 0.2) is 46.9 Å². The van der Waals surface area contributed by atoms with Gasteiger partial charge in [0, 0.05) is 35.4 Å². The monoisotopic (exact) mass is 360 g/mol. The normalized spacial score (nSPS) is 10.2. The molecule has 1 N–H and O–H groups in total. The summed E-state index contributed by atoms with van der Waals surface area (Å²) in [4.78, 5) is 25.2. The van der Waals surface area contributed by atoms with Gasteiger partial charge < -0.3 is 10.2 Å². The lowest BCUT2D eigenvalue weighted by atomic mass is 10.1. The SMILES string of the molecule is CC(=O)Nc1ccc(C(=O)N(C)c2ccc(Br)cc2C)cc1. The van der Waals surface area contributed by atoms with E-state index in [0.717, 1.165) is 15.7 Å². The van der Waals surface area contributed by atoms with Crippen LogP contribution in [-0.4, -0.2) is 18.9 Å². The number of halogens is 1. The molecule has 2 aromatic carbocycles. The van der Waals surface area contributed by atoms with Crippen LogP contribution < -0.4 is 10.2 Å². The van der Waals surface area contributed by atoms with Gasteiger partial charge in [-0.1, -0.05) is 15.9 Å². The van der Waals surface area contributed by atoms with Gasteiger partial charge in [-0.2, -0.15) is 0 Å². The van der Waals surface area contributed by atoms with Gasteiger partial charge in [-0.3, -0.25) is 9.59 Å². The van der Waals surface area contributed by atoms with E-state index in [1.165, 1.54) is 6.92 Å². The van der Waals surface area contributed by atoms with Gasteiger partial charge in [0.1, 0.15) is 0 Å². The first kappa shape index (κ1) is 16.2. The Bertz CT molecular complexity index is 711. The highest BCUT2D eigenvalue weighted by Crippen LogP contribution is 2.24. The van der Waals surface area contributed by atoms with Crippen LogP contribution >= 0.6 is 15.9 Å². The molecule has 0 aliphatic heterocycles. The molecule has 0 bridgehead atoms. The molecule has 0 atom stereocenters. The van der Waals surface area contributed by atoms with Gasteiger partial charge >= 0.3 is 0 Å². The van der Waals surface area contributed by atoms with Crippen molar-refractivity contribution in [2.45, 2.75) is 13.8 Å². The summed E-state index contributed by atoms with van der Waals surface area (Å²) in [6.45, 7) is 3.41. The lowest BCUT2D eigenvalue weighted by Gasteiger charge is -2.20. The highest BCUT2D eigenvalue weighted by atomic mass is 79.9. The van der Waals surface area contributed by atoms with Gasteiger partial charge in [-0.25, -0.2) is 0 Å². The van der Waals surface area contributed by atoms with Crippen molar-refractivity contribution in [1.82, 2.24) is 0 Å². The molecule has 2 rings (SSSR count). The number of nitrogens with one attached hydrogen (secondary N) is 1. The van der Waals surface area contributed by atoms with Gasteiger partial charge in [0.15, 0.2) is 0 Å². The van der Waals surface area contributed by atoms with Crippen LogP contribution in [-0.2, 0) is 4.79 Å². The molecule has 0 heterocycles. The van der Waals surface area contributed by atoms with Crippen LogP contribution in [0.1, 0.15) is 22.8 Å². The third-order valence-corrected chi connectivity index (χ3v) is 3.77. The number of nitrogens with zero attached hydrogens (tertiary/aromatic N) is 1. The third kappa shape index (κ3) is 3.74. The number of benzene rings is 2. The summed E-state index contributed by atoms with van der Waals surface area (Å²) in [6.07, 6.45) is 0. The number of carbonyl (C=O) groups excluding carboxylic acids is 2. The summed E-state index contributed by atoms with van der Waals surface area (Å²) in [5.41, 5.74) is 3.12. The second-order valence-corrected chi connectivity index (χ2v) is 5.97. The highest BCUT2D eigenvalue weighted by molar-refractivity contribution is 9.10. The van der Waals surface area contributed by atoms with E-state index in [1.807, 2.05) is 25.1 Å². The van der Waals surface area contributed by atoms with Crippen LogP contribution in [0.2, 0.25) is 0 Å². The number of hydrogen-bond donors (Lipinski definition) is 1. The van der Waals surface area contributed by atoms with Crippen LogP contribution in [0.5, 0.6) is 0 Å². The Labute approximate surface area is 138 Å². The molecule has 0 spiro atoms. The molecule has 5 heteroatoms. The standard InChI is InChI=1S/C17H17BrN2O2/c1-11-10-14(18)6-9-16(11)20(3)17(22)13-4-7-15(8-5-13)19-12(2)21/h4-10H,1-3H3,(H,19,21). The molecule has 22 heavy (non-hydrogen) atoms. The predicted octanol–water partition coefficient (Wildman–Crippen LogP) is 3.99. The molecule has 114 valence electrons. The molecule has 0 radical (unpaired) electrons. The zero-order valence-electron chi connectivity index (χ0n) is 12.7. The number of aryl methyl sites for hydroxylation is 1. The molecule has 0 aliphatic carbocycles. The topological polar surface area (TPSA) is 49.4 Å². The van der Waals surface area contributed by atoms with Gasteiger partial charge in [-0.15, -0.1) is 0 Å². The van der Waals surface area contributed by atoms with E-state index < -0.39 is 0 Å². The van der Waals surface area contributed by atoms with Gasteiger partial charge in [-0.05, 0) is 55.0 Å². The first-order valence-electron chi connectivity index (χ1n) is 6.80. The van der Waals surface area contributed by atoms with E-state index >= 15 is 0 Å². The summed E-state index contributed by atoms with van der Waals surface area (Å²) in [5.74, 6) is -0.235. The minimum atomic E-state index is -0.137. The Kier molecular flexibility index (Phi) is 4.98. The smallest absolute Gasteiger partial charge is 0.258 e. The average molecular weight is 361 g/mol. The van der Waals surface area contributed by atoms with Crippen molar-refractivity contribution in [3.05, 3.63) is 58.1 Å². The fraction of sp³-hybridized carbons (Fsp3) is 0.176. The summed E-state index contributed by atoms with van der Waals surface area (Å²) < 4.78 is 0.981. The lowest BCUT2D eigenvalue weighted by Crippen LogP contribution is -2.26. The van der Waals surface area contributed by atoms with Gasteiger partial charge in [0.2, 0.25) is 5.91 Å². The fourth-order valence-electron chi connectivity index (χ4n) is 2.20. The molecular formula is C17H17BrN2O2. The average Bonchev–Trinajstić information content (AvgIpc) is 2.46. The Hall–Kier alpha value is -2.14. The van der Waals surface area contributed by atoms with Crippen molar-refractivity contribution in [1.29, 1.82) is 0 Å². The van der Waals surface area contributed by atoms with E-state index in [9.17, 15) is 9.59 Å². The van der Waals surface area contributed by atoms with Crippen molar-refractivity contribution < 1.29 is 9.59 Å². The summed E-state index contributed by atoms with van der Waals surface area (Å²) >= 11 is 3.42. The number of hydrogen-bond acceptors (Lipinski definition) is 2. The Morgan fingerprint density at radius 2 is 1.73 bits per heavy atom. The van der Waals surface area contributed by atoms with E-state index in [0.29, 0.717) is 11.3 Å². The zero-order chi connectivity index (χ0) is 16.3. The zero-order valence-corrected chi connectivity index (χ0v) is 14.3. The van der Waals surface area contributed by atoms with E-state index in [2.05, 4.69) is 21.2 Å². The molecule has 0 fully saturated rings. The lowest BCUT2D eigenvalue weighted by molar-refractivity contribution is -0.114. The number of anilines is 2. The Morgan fingerprint density at radius 3 is 2.27 bits per heavy atom. The molecular weight excluding hydrogens is 344 g/mol. The summed E-state index contributed by atoms with van der Waals surface area (Å²) in [6, 6.07) is 12.6. The van der Waals surface area contributed by atoms with Crippen LogP contribution in [0.4, 0.5) is 11.4 Å². The summed E-state index contributed by atoms with van der Waals surface area (Å²) in [7, 11) is 1.75. The molecule has 0 unspecified atom stereocenters. The largest absolute Gasteiger partial charge is 0.326 e. The van der Waals surface area contributed by atoms with E-state index in [4.69, 9.17) is 0 Å². The molecule has 0 aliphatic rings. The molecule has 0 aromatic heterocycles. The Morgan fingerprint density at radius 1 is 1.09 bits per heavy atom. The maximum Gasteiger partial charge on any atom is 0.258 e. The van der Waals surface area contributed by atoms with Gasteiger partial charge in [0.05, 0.1) is 0 Å². The molecule has 2 aromatic rings. The quantitative estimate of drug-likeness (QED) is 0.899. The van der Waals surface area contributed by atoms with Gasteiger partial charge in [0.25, 0.3) is 5.91 Å². The van der Waals surface area contributed by atoms with Crippen molar-refractivity contribution in [3.63, 3.8) is 0 Å². The fourth-order valence-corrected chi connectivity index (χ4v) is 2.67.